The molecule has 0 fully saturated rings. The number of thioether (sulfide) groups is 2. The lowest BCUT2D eigenvalue weighted by Crippen LogP contribution is -2.28. The highest BCUT2D eigenvalue weighted by atomic mass is 32.2. The third-order valence-electron chi connectivity index (χ3n) is 4.25. The van der Waals surface area contributed by atoms with Gasteiger partial charge in [0.15, 0.2) is 0 Å². The Bertz CT molecular complexity index is 843. The van der Waals surface area contributed by atoms with Crippen LogP contribution in [0.15, 0.2) is 53.4 Å². The van der Waals surface area contributed by atoms with Gasteiger partial charge in [0.1, 0.15) is 5.82 Å². The number of para-hydroxylation sites is 2. The summed E-state index contributed by atoms with van der Waals surface area (Å²) in [4.78, 5) is 23.4. The monoisotopic (exact) mass is 385 g/mol. The van der Waals surface area contributed by atoms with Gasteiger partial charge in [0.2, 0.25) is 5.91 Å². The molecule has 136 valence electrons. The quantitative estimate of drug-likeness (QED) is 0.597. The second kappa shape index (κ2) is 8.64. The number of rotatable bonds is 7. The van der Waals surface area contributed by atoms with Crippen molar-refractivity contribution in [3.05, 3.63) is 59.9 Å². The lowest BCUT2D eigenvalue weighted by atomic mass is 10.2. The Labute approximate surface area is 162 Å². The van der Waals surface area contributed by atoms with Crippen molar-refractivity contribution in [1.82, 2.24) is 14.9 Å². The third-order valence-corrected chi connectivity index (χ3v) is 6.13. The molecule has 0 bridgehead atoms. The standard InChI is InChI=1S/C20H23N3OS2/c1-14(20-21-17-6-4-5-7-18(17)22-20)26-13-19(24)23(2)12-15-8-10-16(25-3)11-9-15/h4-11,14H,12-13H2,1-3H3,(H,21,22). The fraction of sp³-hybridized carbons (Fsp3) is 0.300. The van der Waals surface area contributed by atoms with E-state index in [-0.39, 0.29) is 11.2 Å². The molecule has 0 spiro atoms. The smallest absolute Gasteiger partial charge is 0.232 e. The summed E-state index contributed by atoms with van der Waals surface area (Å²) >= 11 is 3.33. The van der Waals surface area contributed by atoms with Gasteiger partial charge in [0.05, 0.1) is 22.0 Å². The number of hydrogen-bond donors (Lipinski definition) is 1. The highest BCUT2D eigenvalue weighted by Crippen LogP contribution is 2.28. The highest BCUT2D eigenvalue weighted by molar-refractivity contribution is 8.00. The predicted molar refractivity (Wildman–Crippen MR) is 112 cm³/mol. The lowest BCUT2D eigenvalue weighted by molar-refractivity contribution is -0.127. The zero-order chi connectivity index (χ0) is 18.5. The number of carbonyl (C=O) groups excluding carboxylic acids is 1. The van der Waals surface area contributed by atoms with Crippen LogP contribution in [0.25, 0.3) is 11.0 Å². The van der Waals surface area contributed by atoms with Crippen molar-refractivity contribution in [1.29, 1.82) is 0 Å². The maximum atomic E-state index is 12.4. The molecular weight excluding hydrogens is 362 g/mol. The number of fused-ring (bicyclic) bond motifs is 1. The van der Waals surface area contributed by atoms with Crippen molar-refractivity contribution >= 4 is 40.5 Å². The SMILES string of the molecule is CSc1ccc(CN(C)C(=O)CSC(C)c2nc3ccccc3[nH]2)cc1. The third kappa shape index (κ3) is 4.62. The second-order valence-electron chi connectivity index (χ2n) is 6.19. The molecule has 1 aromatic heterocycles. The van der Waals surface area contributed by atoms with Crippen molar-refractivity contribution in [2.45, 2.75) is 23.6 Å². The average molecular weight is 386 g/mol. The van der Waals surface area contributed by atoms with Gasteiger partial charge in [-0.1, -0.05) is 24.3 Å². The Morgan fingerprint density at radius 1 is 1.19 bits per heavy atom. The fourth-order valence-electron chi connectivity index (χ4n) is 2.64. The van der Waals surface area contributed by atoms with Crippen LogP contribution in [0.4, 0.5) is 0 Å². The molecule has 3 rings (SSSR count). The van der Waals surface area contributed by atoms with Gasteiger partial charge in [-0.05, 0) is 43.0 Å². The maximum absolute atomic E-state index is 12.4. The number of nitrogens with zero attached hydrogens (tertiary/aromatic N) is 2. The molecule has 1 amide bonds. The first kappa shape index (κ1) is 18.9. The van der Waals surface area contributed by atoms with E-state index in [1.165, 1.54) is 4.90 Å². The summed E-state index contributed by atoms with van der Waals surface area (Å²) in [6, 6.07) is 16.3. The largest absolute Gasteiger partial charge is 0.341 e. The zero-order valence-corrected chi connectivity index (χ0v) is 16.9. The Morgan fingerprint density at radius 2 is 1.92 bits per heavy atom. The van der Waals surface area contributed by atoms with Crippen molar-refractivity contribution in [3.63, 3.8) is 0 Å². The first-order chi connectivity index (χ1) is 12.6. The summed E-state index contributed by atoms with van der Waals surface area (Å²) < 4.78 is 0. The van der Waals surface area contributed by atoms with E-state index in [1.807, 2.05) is 31.3 Å². The van der Waals surface area contributed by atoms with Gasteiger partial charge < -0.3 is 9.88 Å². The molecule has 0 saturated heterocycles. The number of benzene rings is 2. The molecule has 0 aliphatic carbocycles. The van der Waals surface area contributed by atoms with Gasteiger partial charge in [-0.25, -0.2) is 4.98 Å². The minimum atomic E-state index is 0.131. The van der Waals surface area contributed by atoms with Crippen LogP contribution >= 0.6 is 23.5 Å². The van der Waals surface area contributed by atoms with Crippen molar-refractivity contribution < 1.29 is 4.79 Å². The molecule has 0 aliphatic heterocycles. The van der Waals surface area contributed by atoms with E-state index in [4.69, 9.17) is 0 Å². The van der Waals surface area contributed by atoms with Crippen LogP contribution in [0.1, 0.15) is 23.6 Å². The van der Waals surface area contributed by atoms with Gasteiger partial charge >= 0.3 is 0 Å². The summed E-state index contributed by atoms with van der Waals surface area (Å²) in [6.45, 7) is 2.71. The molecule has 0 radical (unpaired) electrons. The van der Waals surface area contributed by atoms with Crippen LogP contribution in [-0.2, 0) is 11.3 Å². The van der Waals surface area contributed by atoms with Crippen LogP contribution in [0, 0.1) is 0 Å². The molecule has 1 N–H and O–H groups in total. The van der Waals surface area contributed by atoms with Gasteiger partial charge in [-0.15, -0.1) is 23.5 Å². The molecule has 1 heterocycles. The molecule has 1 unspecified atom stereocenters. The van der Waals surface area contributed by atoms with E-state index in [0.29, 0.717) is 12.3 Å². The number of nitrogens with one attached hydrogen (secondary N) is 1. The number of carbonyl (C=O) groups is 1. The summed E-state index contributed by atoms with van der Waals surface area (Å²) in [5.74, 6) is 1.49. The van der Waals surface area contributed by atoms with Crippen LogP contribution in [0.2, 0.25) is 0 Å². The number of aromatic nitrogens is 2. The van der Waals surface area contributed by atoms with Gasteiger partial charge in [0.25, 0.3) is 0 Å². The summed E-state index contributed by atoms with van der Waals surface area (Å²) in [7, 11) is 1.86. The average Bonchev–Trinajstić information content (AvgIpc) is 3.10. The van der Waals surface area contributed by atoms with E-state index >= 15 is 0 Å². The van der Waals surface area contributed by atoms with E-state index in [9.17, 15) is 4.79 Å². The van der Waals surface area contributed by atoms with Gasteiger partial charge in [-0.3, -0.25) is 4.79 Å². The number of aromatic amines is 1. The van der Waals surface area contributed by atoms with Crippen LogP contribution in [0.5, 0.6) is 0 Å². The van der Waals surface area contributed by atoms with Crippen LogP contribution in [-0.4, -0.2) is 39.8 Å². The Hall–Kier alpha value is -1.92. The van der Waals surface area contributed by atoms with Gasteiger partial charge in [0, 0.05) is 18.5 Å². The van der Waals surface area contributed by atoms with Crippen LogP contribution in [0.3, 0.4) is 0 Å². The summed E-state index contributed by atoms with van der Waals surface area (Å²) in [6.07, 6.45) is 2.06. The fourth-order valence-corrected chi connectivity index (χ4v) is 3.93. The number of H-pyrrole nitrogens is 1. The topological polar surface area (TPSA) is 49.0 Å². The van der Waals surface area contributed by atoms with Gasteiger partial charge in [-0.2, -0.15) is 0 Å². The van der Waals surface area contributed by atoms with Crippen LogP contribution < -0.4 is 0 Å². The molecule has 2 aromatic carbocycles. The normalized spacial score (nSPS) is 12.3. The number of amides is 1. The molecular formula is C20H23N3OS2. The highest BCUT2D eigenvalue weighted by Gasteiger charge is 2.15. The van der Waals surface area contributed by atoms with E-state index in [2.05, 4.69) is 47.4 Å². The molecule has 0 saturated carbocycles. The first-order valence-electron chi connectivity index (χ1n) is 8.50. The van der Waals surface area contributed by atoms with E-state index < -0.39 is 0 Å². The number of imidazole rings is 1. The first-order valence-corrected chi connectivity index (χ1v) is 10.8. The molecule has 0 aliphatic rings. The zero-order valence-electron chi connectivity index (χ0n) is 15.2. The predicted octanol–water partition coefficient (Wildman–Crippen LogP) is 4.74. The maximum Gasteiger partial charge on any atom is 0.232 e. The van der Waals surface area contributed by atoms with Crippen molar-refractivity contribution in [2.75, 3.05) is 19.1 Å². The molecule has 4 nitrogen and oxygen atoms in total. The Balaban J connectivity index is 1.53. The Morgan fingerprint density at radius 3 is 2.62 bits per heavy atom. The van der Waals surface area contributed by atoms with Crippen molar-refractivity contribution in [3.8, 4) is 0 Å². The molecule has 26 heavy (non-hydrogen) atoms. The van der Waals surface area contributed by atoms with E-state index in [1.54, 1.807) is 28.4 Å². The summed E-state index contributed by atoms with van der Waals surface area (Å²) in [5, 5.41) is 0.139. The minimum Gasteiger partial charge on any atom is -0.341 e. The summed E-state index contributed by atoms with van der Waals surface area (Å²) in [5.41, 5.74) is 3.15. The second-order valence-corrected chi connectivity index (χ2v) is 8.40. The molecule has 1 atom stereocenters. The molecule has 3 aromatic rings. The Kier molecular flexibility index (Phi) is 6.27. The van der Waals surface area contributed by atoms with E-state index in [0.717, 1.165) is 22.4 Å². The lowest BCUT2D eigenvalue weighted by Gasteiger charge is -2.18. The number of hydrogen-bond acceptors (Lipinski definition) is 4. The molecule has 6 heteroatoms. The van der Waals surface area contributed by atoms with Crippen molar-refractivity contribution in [2.24, 2.45) is 0 Å². The minimum absolute atomic E-state index is 0.131.